The first-order chi connectivity index (χ1) is 11.2. The van der Waals surface area contributed by atoms with Crippen LogP contribution in [0.4, 0.5) is 11.5 Å². The van der Waals surface area contributed by atoms with Crippen molar-refractivity contribution < 1.29 is 4.79 Å². The van der Waals surface area contributed by atoms with Crippen molar-refractivity contribution in [1.29, 1.82) is 0 Å². The van der Waals surface area contributed by atoms with E-state index in [-0.39, 0.29) is 5.91 Å². The molecule has 0 saturated carbocycles. The lowest BCUT2D eigenvalue weighted by atomic mass is 10.1. The van der Waals surface area contributed by atoms with Gasteiger partial charge in [-0.3, -0.25) is 4.79 Å². The van der Waals surface area contributed by atoms with Gasteiger partial charge in [-0.15, -0.1) is 0 Å². The summed E-state index contributed by atoms with van der Waals surface area (Å²) >= 11 is 0. The van der Waals surface area contributed by atoms with E-state index in [2.05, 4.69) is 21.3 Å². The van der Waals surface area contributed by atoms with Gasteiger partial charge in [0.1, 0.15) is 5.82 Å². The maximum Gasteiger partial charge on any atom is 0.224 e. The van der Waals surface area contributed by atoms with Gasteiger partial charge in [-0.25, -0.2) is 4.98 Å². The lowest BCUT2D eigenvalue weighted by molar-refractivity contribution is -0.116. The average molecular weight is 309 g/mol. The number of aryl methyl sites for hydroxylation is 2. The number of amides is 1. The van der Waals surface area contributed by atoms with Gasteiger partial charge in [0.25, 0.3) is 0 Å². The molecule has 4 heteroatoms. The molecule has 0 radical (unpaired) electrons. The van der Waals surface area contributed by atoms with Gasteiger partial charge in [0.2, 0.25) is 5.91 Å². The van der Waals surface area contributed by atoms with Gasteiger partial charge in [-0.05, 0) is 61.6 Å². The Bertz CT molecular complexity index is 678. The normalized spacial score (nSPS) is 14.0. The molecule has 23 heavy (non-hydrogen) atoms. The summed E-state index contributed by atoms with van der Waals surface area (Å²) in [5, 5.41) is 2.96. The predicted octanol–water partition coefficient (Wildman–Crippen LogP) is 3.56. The van der Waals surface area contributed by atoms with Gasteiger partial charge < -0.3 is 10.2 Å². The number of nitrogens with zero attached hydrogens (tertiary/aromatic N) is 2. The summed E-state index contributed by atoms with van der Waals surface area (Å²) in [6, 6.07) is 12.0. The molecule has 1 aromatic heterocycles. The molecule has 2 aromatic rings. The summed E-state index contributed by atoms with van der Waals surface area (Å²) in [6.07, 6.45) is 5.55. The molecule has 120 valence electrons. The van der Waals surface area contributed by atoms with Crippen LogP contribution in [0.15, 0.2) is 42.6 Å². The average Bonchev–Trinajstić information content (AvgIpc) is 3.08. The first kappa shape index (κ1) is 15.5. The monoisotopic (exact) mass is 309 g/mol. The molecule has 1 amide bonds. The van der Waals surface area contributed by atoms with Crippen molar-refractivity contribution >= 4 is 17.4 Å². The van der Waals surface area contributed by atoms with Crippen molar-refractivity contribution in [3.63, 3.8) is 0 Å². The first-order valence-electron chi connectivity index (χ1n) is 8.27. The van der Waals surface area contributed by atoms with Crippen LogP contribution in [0.3, 0.4) is 0 Å². The Balaban J connectivity index is 1.55. The Kier molecular flexibility index (Phi) is 4.91. The van der Waals surface area contributed by atoms with Crippen LogP contribution in [-0.2, 0) is 11.2 Å². The van der Waals surface area contributed by atoms with E-state index in [9.17, 15) is 4.79 Å². The summed E-state index contributed by atoms with van der Waals surface area (Å²) in [6.45, 7) is 4.20. The van der Waals surface area contributed by atoms with Crippen molar-refractivity contribution in [2.75, 3.05) is 23.3 Å². The van der Waals surface area contributed by atoms with Crippen LogP contribution < -0.4 is 10.2 Å². The van der Waals surface area contributed by atoms with Crippen LogP contribution in [0.25, 0.3) is 0 Å². The number of benzene rings is 1. The molecule has 1 N–H and O–H groups in total. The zero-order chi connectivity index (χ0) is 16.1. The van der Waals surface area contributed by atoms with E-state index in [1.165, 1.54) is 18.4 Å². The molecule has 1 fully saturated rings. The van der Waals surface area contributed by atoms with Crippen LogP contribution in [0.1, 0.15) is 30.4 Å². The van der Waals surface area contributed by atoms with Gasteiger partial charge in [0, 0.05) is 31.4 Å². The quantitative estimate of drug-likeness (QED) is 0.918. The second-order valence-electron chi connectivity index (χ2n) is 6.13. The Hall–Kier alpha value is -2.36. The topological polar surface area (TPSA) is 45.2 Å². The number of pyridine rings is 1. The van der Waals surface area contributed by atoms with Gasteiger partial charge in [-0.1, -0.05) is 12.1 Å². The Morgan fingerprint density at radius 2 is 2.04 bits per heavy atom. The van der Waals surface area contributed by atoms with E-state index in [1.807, 2.05) is 43.5 Å². The minimum absolute atomic E-state index is 0.0511. The van der Waals surface area contributed by atoms with Gasteiger partial charge in [0.05, 0.1) is 0 Å². The van der Waals surface area contributed by atoms with Crippen molar-refractivity contribution in [2.24, 2.45) is 0 Å². The molecule has 1 aliphatic heterocycles. The molecule has 2 heterocycles. The highest BCUT2D eigenvalue weighted by Crippen LogP contribution is 2.19. The Labute approximate surface area is 137 Å². The largest absolute Gasteiger partial charge is 0.357 e. The molecule has 1 aliphatic rings. The highest BCUT2D eigenvalue weighted by molar-refractivity contribution is 5.90. The standard InChI is InChI=1S/C19H23N3O/c1-15-5-4-6-17(13-15)21-19(23)8-7-16-9-10-20-18(14-16)22-11-2-3-12-22/h4-6,9-10,13-14H,2-3,7-8,11-12H2,1H3,(H,21,23). The second-order valence-corrected chi connectivity index (χ2v) is 6.13. The number of aromatic nitrogens is 1. The number of nitrogens with one attached hydrogen (secondary N) is 1. The predicted molar refractivity (Wildman–Crippen MR) is 93.8 cm³/mol. The third-order valence-electron chi connectivity index (χ3n) is 4.18. The van der Waals surface area contributed by atoms with Gasteiger partial charge >= 0.3 is 0 Å². The van der Waals surface area contributed by atoms with Crippen LogP contribution in [0, 0.1) is 6.92 Å². The van der Waals surface area contributed by atoms with Crippen LogP contribution in [-0.4, -0.2) is 24.0 Å². The van der Waals surface area contributed by atoms with E-state index in [4.69, 9.17) is 0 Å². The van der Waals surface area contributed by atoms with Crippen LogP contribution >= 0.6 is 0 Å². The number of rotatable bonds is 5. The molecule has 1 saturated heterocycles. The smallest absolute Gasteiger partial charge is 0.224 e. The molecule has 0 bridgehead atoms. The summed E-state index contributed by atoms with van der Waals surface area (Å²) in [4.78, 5) is 18.9. The van der Waals surface area contributed by atoms with Crippen molar-refractivity contribution in [2.45, 2.75) is 32.6 Å². The van der Waals surface area contributed by atoms with E-state index >= 15 is 0 Å². The lowest BCUT2D eigenvalue weighted by Crippen LogP contribution is -2.19. The Morgan fingerprint density at radius 1 is 1.22 bits per heavy atom. The summed E-state index contributed by atoms with van der Waals surface area (Å²) in [7, 11) is 0. The zero-order valence-corrected chi connectivity index (χ0v) is 13.6. The van der Waals surface area contributed by atoms with Gasteiger partial charge in [0.15, 0.2) is 0 Å². The molecule has 0 atom stereocenters. The summed E-state index contributed by atoms with van der Waals surface area (Å²) in [5.41, 5.74) is 3.18. The van der Waals surface area contributed by atoms with Crippen molar-refractivity contribution in [3.05, 3.63) is 53.7 Å². The van der Waals surface area contributed by atoms with E-state index in [0.717, 1.165) is 36.6 Å². The fraction of sp³-hybridized carbons (Fsp3) is 0.368. The Morgan fingerprint density at radius 3 is 2.83 bits per heavy atom. The fourth-order valence-electron chi connectivity index (χ4n) is 2.94. The molecular formula is C19H23N3O. The first-order valence-corrected chi connectivity index (χ1v) is 8.27. The highest BCUT2D eigenvalue weighted by atomic mass is 16.1. The maximum absolute atomic E-state index is 12.1. The third-order valence-corrected chi connectivity index (χ3v) is 4.18. The molecule has 0 aliphatic carbocycles. The number of carbonyl (C=O) groups excluding carboxylic acids is 1. The molecule has 0 spiro atoms. The molecule has 3 rings (SSSR count). The van der Waals surface area contributed by atoms with E-state index < -0.39 is 0 Å². The number of anilines is 2. The van der Waals surface area contributed by atoms with Crippen LogP contribution in [0.2, 0.25) is 0 Å². The van der Waals surface area contributed by atoms with Crippen molar-refractivity contribution in [3.8, 4) is 0 Å². The molecule has 0 unspecified atom stereocenters. The van der Waals surface area contributed by atoms with Gasteiger partial charge in [-0.2, -0.15) is 0 Å². The summed E-state index contributed by atoms with van der Waals surface area (Å²) in [5.74, 6) is 1.09. The zero-order valence-electron chi connectivity index (χ0n) is 13.6. The minimum Gasteiger partial charge on any atom is -0.357 e. The fourth-order valence-corrected chi connectivity index (χ4v) is 2.94. The number of hydrogen-bond donors (Lipinski definition) is 1. The molecule has 1 aromatic carbocycles. The number of carbonyl (C=O) groups is 1. The molecule has 4 nitrogen and oxygen atoms in total. The third kappa shape index (κ3) is 4.31. The SMILES string of the molecule is Cc1cccc(NC(=O)CCc2ccnc(N3CCCC3)c2)c1. The minimum atomic E-state index is 0.0511. The van der Waals surface area contributed by atoms with Crippen molar-refractivity contribution in [1.82, 2.24) is 4.98 Å². The van der Waals surface area contributed by atoms with E-state index in [1.54, 1.807) is 0 Å². The lowest BCUT2D eigenvalue weighted by Gasteiger charge is -2.16. The number of hydrogen-bond acceptors (Lipinski definition) is 3. The van der Waals surface area contributed by atoms with E-state index in [0.29, 0.717) is 6.42 Å². The highest BCUT2D eigenvalue weighted by Gasteiger charge is 2.13. The van der Waals surface area contributed by atoms with Crippen LogP contribution in [0.5, 0.6) is 0 Å². The maximum atomic E-state index is 12.1. The second kappa shape index (κ2) is 7.27. The molecular weight excluding hydrogens is 286 g/mol. The summed E-state index contributed by atoms with van der Waals surface area (Å²) < 4.78 is 0.